The van der Waals surface area contributed by atoms with E-state index in [-0.39, 0.29) is 17.4 Å². The lowest BCUT2D eigenvalue weighted by atomic mass is 10.2. The first kappa shape index (κ1) is 13.8. The molecule has 0 aliphatic carbocycles. The lowest BCUT2D eigenvalue weighted by molar-refractivity contribution is -0.120. The summed E-state index contributed by atoms with van der Waals surface area (Å²) in [7, 11) is 0. The Balaban J connectivity index is 3.85. The van der Waals surface area contributed by atoms with Gasteiger partial charge in [-0.2, -0.15) is 5.10 Å². The molecular formula is C9H18N4OS. The number of amides is 1. The molecular weight excluding hydrogens is 212 g/mol. The second-order valence-corrected chi connectivity index (χ2v) is 4.14. The van der Waals surface area contributed by atoms with Crippen molar-refractivity contribution in [1.29, 1.82) is 0 Å². The number of hydrazone groups is 1. The van der Waals surface area contributed by atoms with Crippen molar-refractivity contribution in [3.05, 3.63) is 0 Å². The van der Waals surface area contributed by atoms with Crippen molar-refractivity contribution in [3.8, 4) is 0 Å². The number of hydrogen-bond acceptors (Lipinski definition) is 3. The van der Waals surface area contributed by atoms with Gasteiger partial charge in [-0.3, -0.25) is 10.2 Å². The number of nitrogens with two attached hydrogens (primary N) is 1. The van der Waals surface area contributed by atoms with Gasteiger partial charge in [0.25, 0.3) is 0 Å². The molecule has 0 fully saturated rings. The van der Waals surface area contributed by atoms with E-state index in [1.807, 2.05) is 13.8 Å². The molecule has 86 valence electrons. The molecule has 0 aromatic carbocycles. The molecule has 0 saturated heterocycles. The van der Waals surface area contributed by atoms with Crippen molar-refractivity contribution in [3.63, 3.8) is 0 Å². The number of carbonyl (C=O) groups is 1. The second-order valence-electron chi connectivity index (χ2n) is 3.70. The van der Waals surface area contributed by atoms with Crippen molar-refractivity contribution in [2.75, 3.05) is 6.54 Å². The number of nitrogens with one attached hydrogen (secondary N) is 2. The maximum Gasteiger partial charge on any atom is 0.225 e. The molecule has 4 N–H and O–H groups in total. The molecule has 1 amide bonds. The van der Waals surface area contributed by atoms with Crippen molar-refractivity contribution in [2.24, 2.45) is 16.8 Å². The third kappa shape index (κ3) is 9.14. The van der Waals surface area contributed by atoms with Crippen LogP contribution in [0.15, 0.2) is 5.10 Å². The summed E-state index contributed by atoms with van der Waals surface area (Å²) in [6.07, 6.45) is 0.252. The Kier molecular flexibility index (Phi) is 6.61. The van der Waals surface area contributed by atoms with Crippen molar-refractivity contribution in [1.82, 2.24) is 10.7 Å². The van der Waals surface area contributed by atoms with Gasteiger partial charge in [-0.25, -0.2) is 0 Å². The standard InChI is InChI=1S/C9H18N4OS/c1-6(2)5-11-8(14)4-7(3)12-13-9(10)15/h6H,4-5H2,1-3H3,(H,11,14)(H3,10,13,15)/b12-7+. The van der Waals surface area contributed by atoms with E-state index in [1.165, 1.54) is 0 Å². The zero-order chi connectivity index (χ0) is 11.8. The number of carbonyl (C=O) groups excluding carboxylic acids is 1. The highest BCUT2D eigenvalue weighted by Gasteiger charge is 2.04. The van der Waals surface area contributed by atoms with Gasteiger partial charge in [0.05, 0.1) is 6.42 Å². The van der Waals surface area contributed by atoms with Gasteiger partial charge in [0.15, 0.2) is 5.11 Å². The molecule has 5 nitrogen and oxygen atoms in total. The van der Waals surface area contributed by atoms with Crippen LogP contribution in [-0.2, 0) is 4.79 Å². The van der Waals surface area contributed by atoms with Gasteiger partial charge in [0.2, 0.25) is 5.91 Å². The molecule has 0 bridgehead atoms. The Bertz CT molecular complexity index is 263. The fourth-order valence-electron chi connectivity index (χ4n) is 0.803. The summed E-state index contributed by atoms with van der Waals surface area (Å²) in [5, 5.41) is 6.71. The molecule has 0 aliphatic heterocycles. The Hall–Kier alpha value is -1.17. The average Bonchev–Trinajstić information content (AvgIpc) is 2.11. The SMILES string of the molecule is C/C(CC(=O)NCC(C)C)=N\NC(N)=S. The van der Waals surface area contributed by atoms with Crippen molar-refractivity contribution >= 4 is 28.9 Å². The number of hydrogen-bond donors (Lipinski definition) is 3. The highest BCUT2D eigenvalue weighted by molar-refractivity contribution is 7.80. The van der Waals surface area contributed by atoms with E-state index in [1.54, 1.807) is 6.92 Å². The predicted octanol–water partition coefficient (Wildman–Crippen LogP) is 0.358. The van der Waals surface area contributed by atoms with E-state index in [9.17, 15) is 4.79 Å². The zero-order valence-corrected chi connectivity index (χ0v) is 10.1. The molecule has 0 aliphatic rings. The second kappa shape index (κ2) is 7.17. The summed E-state index contributed by atoms with van der Waals surface area (Å²) >= 11 is 4.57. The van der Waals surface area contributed by atoms with Gasteiger partial charge in [-0.15, -0.1) is 0 Å². The number of rotatable bonds is 5. The van der Waals surface area contributed by atoms with E-state index >= 15 is 0 Å². The minimum Gasteiger partial charge on any atom is -0.375 e. The molecule has 0 unspecified atom stereocenters. The quantitative estimate of drug-likeness (QED) is 0.362. The molecule has 0 aromatic heterocycles. The van der Waals surface area contributed by atoms with Crippen LogP contribution in [0.2, 0.25) is 0 Å². The molecule has 0 rings (SSSR count). The van der Waals surface area contributed by atoms with Gasteiger partial charge in [-0.05, 0) is 25.1 Å². The average molecular weight is 230 g/mol. The first-order valence-electron chi connectivity index (χ1n) is 4.77. The van der Waals surface area contributed by atoms with Gasteiger partial charge < -0.3 is 11.1 Å². The molecule has 0 spiro atoms. The van der Waals surface area contributed by atoms with Crippen LogP contribution in [0.3, 0.4) is 0 Å². The normalized spacial score (nSPS) is 11.3. The molecule has 0 aromatic rings. The third-order valence-electron chi connectivity index (χ3n) is 1.48. The Morgan fingerprint density at radius 2 is 2.13 bits per heavy atom. The minimum absolute atomic E-state index is 0.0466. The first-order chi connectivity index (χ1) is 6.91. The summed E-state index contributed by atoms with van der Waals surface area (Å²) in [5.41, 5.74) is 8.26. The Morgan fingerprint density at radius 1 is 1.53 bits per heavy atom. The van der Waals surface area contributed by atoms with Crippen molar-refractivity contribution < 1.29 is 4.79 Å². The third-order valence-corrected chi connectivity index (χ3v) is 1.57. The van der Waals surface area contributed by atoms with Gasteiger partial charge in [0, 0.05) is 12.3 Å². The first-order valence-corrected chi connectivity index (χ1v) is 5.18. The summed E-state index contributed by atoms with van der Waals surface area (Å²) in [6, 6.07) is 0. The summed E-state index contributed by atoms with van der Waals surface area (Å²) in [6.45, 7) is 6.49. The molecule has 0 saturated carbocycles. The monoisotopic (exact) mass is 230 g/mol. The van der Waals surface area contributed by atoms with Crippen LogP contribution in [0, 0.1) is 5.92 Å². The number of thiocarbonyl (C=S) groups is 1. The van der Waals surface area contributed by atoms with Crippen LogP contribution in [0.25, 0.3) is 0 Å². The Morgan fingerprint density at radius 3 is 2.60 bits per heavy atom. The van der Waals surface area contributed by atoms with E-state index in [4.69, 9.17) is 5.73 Å². The van der Waals surface area contributed by atoms with E-state index in [0.29, 0.717) is 18.2 Å². The van der Waals surface area contributed by atoms with Gasteiger partial charge in [-0.1, -0.05) is 13.8 Å². The lowest BCUT2D eigenvalue weighted by Crippen LogP contribution is -2.30. The van der Waals surface area contributed by atoms with Gasteiger partial charge in [0.1, 0.15) is 0 Å². The van der Waals surface area contributed by atoms with Crippen LogP contribution in [0.4, 0.5) is 0 Å². The number of nitrogens with zero attached hydrogens (tertiary/aromatic N) is 1. The van der Waals surface area contributed by atoms with E-state index < -0.39 is 0 Å². The van der Waals surface area contributed by atoms with Crippen LogP contribution in [0.1, 0.15) is 27.2 Å². The molecule has 15 heavy (non-hydrogen) atoms. The maximum absolute atomic E-state index is 11.3. The Labute approximate surface area is 95.5 Å². The molecule has 0 heterocycles. The van der Waals surface area contributed by atoms with Crippen LogP contribution in [-0.4, -0.2) is 23.3 Å². The highest BCUT2D eigenvalue weighted by atomic mass is 32.1. The summed E-state index contributed by atoms with van der Waals surface area (Å²) in [4.78, 5) is 11.3. The fraction of sp³-hybridized carbons (Fsp3) is 0.667. The van der Waals surface area contributed by atoms with Gasteiger partial charge >= 0.3 is 0 Å². The smallest absolute Gasteiger partial charge is 0.225 e. The summed E-state index contributed by atoms with van der Waals surface area (Å²) < 4.78 is 0. The maximum atomic E-state index is 11.3. The molecule has 0 atom stereocenters. The molecule has 0 radical (unpaired) electrons. The van der Waals surface area contributed by atoms with E-state index in [0.717, 1.165) is 0 Å². The predicted molar refractivity (Wildman–Crippen MR) is 65.5 cm³/mol. The summed E-state index contributed by atoms with van der Waals surface area (Å²) in [5.74, 6) is 0.399. The van der Waals surface area contributed by atoms with Crippen molar-refractivity contribution in [2.45, 2.75) is 27.2 Å². The van der Waals surface area contributed by atoms with Crippen LogP contribution < -0.4 is 16.5 Å². The molecule has 6 heteroatoms. The minimum atomic E-state index is -0.0466. The van der Waals surface area contributed by atoms with E-state index in [2.05, 4.69) is 28.1 Å². The van der Waals surface area contributed by atoms with Crippen LogP contribution >= 0.6 is 12.2 Å². The lowest BCUT2D eigenvalue weighted by Gasteiger charge is -2.07. The fourth-order valence-corrected chi connectivity index (χ4v) is 0.849. The highest BCUT2D eigenvalue weighted by Crippen LogP contribution is 1.90. The topological polar surface area (TPSA) is 79.5 Å². The zero-order valence-electron chi connectivity index (χ0n) is 9.33. The van der Waals surface area contributed by atoms with Crippen LogP contribution in [0.5, 0.6) is 0 Å². The largest absolute Gasteiger partial charge is 0.375 e.